The van der Waals surface area contributed by atoms with Crippen LogP contribution in [0.2, 0.25) is 0 Å². The summed E-state index contributed by atoms with van der Waals surface area (Å²) in [7, 11) is 0. The summed E-state index contributed by atoms with van der Waals surface area (Å²) in [5, 5.41) is 7.66. The van der Waals surface area contributed by atoms with Crippen LogP contribution in [0.15, 0.2) is 24.3 Å². The molecule has 1 aromatic heterocycles. The largest absolute Gasteiger partial charge is 0.416 e. The SMILES string of the molecule is Cc1nn(-c2ccc(C(F)(F)F)cc2)c(C)c1NCCCN. The van der Waals surface area contributed by atoms with Crippen LogP contribution in [0.25, 0.3) is 5.69 Å². The minimum Gasteiger partial charge on any atom is -0.382 e. The van der Waals surface area contributed by atoms with Gasteiger partial charge in [-0.15, -0.1) is 0 Å². The maximum absolute atomic E-state index is 12.6. The standard InChI is InChI=1S/C15H19F3N4/c1-10-14(20-9-3-8-19)11(2)22(21-10)13-6-4-12(5-7-13)15(16,17)18/h4-7,20H,3,8-9,19H2,1-2H3. The van der Waals surface area contributed by atoms with Crippen molar-refractivity contribution in [3.63, 3.8) is 0 Å². The quantitative estimate of drug-likeness (QED) is 0.833. The smallest absolute Gasteiger partial charge is 0.382 e. The molecule has 0 saturated heterocycles. The first-order valence-corrected chi connectivity index (χ1v) is 7.02. The lowest BCUT2D eigenvalue weighted by Gasteiger charge is -2.09. The van der Waals surface area contributed by atoms with Gasteiger partial charge in [0.2, 0.25) is 0 Å². The maximum Gasteiger partial charge on any atom is 0.416 e. The number of aryl methyl sites for hydroxylation is 1. The van der Waals surface area contributed by atoms with E-state index in [-0.39, 0.29) is 0 Å². The van der Waals surface area contributed by atoms with Crippen LogP contribution in [0.1, 0.15) is 23.4 Å². The monoisotopic (exact) mass is 312 g/mol. The third-order valence-electron chi connectivity index (χ3n) is 3.41. The lowest BCUT2D eigenvalue weighted by molar-refractivity contribution is -0.137. The van der Waals surface area contributed by atoms with Crippen molar-refractivity contribution in [1.29, 1.82) is 0 Å². The molecule has 0 unspecified atom stereocenters. The van der Waals surface area contributed by atoms with E-state index in [4.69, 9.17) is 5.73 Å². The fourth-order valence-corrected chi connectivity index (χ4v) is 2.26. The molecule has 0 atom stereocenters. The third-order valence-corrected chi connectivity index (χ3v) is 3.41. The minimum atomic E-state index is -4.33. The zero-order valence-corrected chi connectivity index (χ0v) is 12.5. The van der Waals surface area contributed by atoms with Crippen LogP contribution < -0.4 is 11.1 Å². The van der Waals surface area contributed by atoms with E-state index >= 15 is 0 Å². The van der Waals surface area contributed by atoms with Gasteiger partial charge in [-0.05, 0) is 51.1 Å². The van der Waals surface area contributed by atoms with Gasteiger partial charge in [0.25, 0.3) is 0 Å². The van der Waals surface area contributed by atoms with Gasteiger partial charge in [-0.25, -0.2) is 4.68 Å². The van der Waals surface area contributed by atoms with Gasteiger partial charge in [0, 0.05) is 6.54 Å². The van der Waals surface area contributed by atoms with E-state index in [1.807, 2.05) is 13.8 Å². The van der Waals surface area contributed by atoms with Crippen LogP contribution >= 0.6 is 0 Å². The Morgan fingerprint density at radius 1 is 1.18 bits per heavy atom. The Balaban J connectivity index is 2.27. The van der Waals surface area contributed by atoms with E-state index in [9.17, 15) is 13.2 Å². The van der Waals surface area contributed by atoms with Crippen LogP contribution in [-0.2, 0) is 6.18 Å². The number of benzene rings is 1. The highest BCUT2D eigenvalue weighted by Gasteiger charge is 2.30. The van der Waals surface area contributed by atoms with E-state index in [0.717, 1.165) is 42.2 Å². The first-order valence-electron chi connectivity index (χ1n) is 7.02. The Labute approximate surface area is 127 Å². The number of nitrogens with zero attached hydrogens (tertiary/aromatic N) is 2. The highest BCUT2D eigenvalue weighted by Crippen LogP contribution is 2.30. The summed E-state index contributed by atoms with van der Waals surface area (Å²) in [5.74, 6) is 0. The number of hydrogen-bond acceptors (Lipinski definition) is 3. The molecule has 0 fully saturated rings. The van der Waals surface area contributed by atoms with Crippen LogP contribution in [0.4, 0.5) is 18.9 Å². The second-order valence-electron chi connectivity index (χ2n) is 5.07. The van der Waals surface area contributed by atoms with E-state index in [0.29, 0.717) is 12.2 Å². The Hall–Kier alpha value is -2.02. The second-order valence-corrected chi connectivity index (χ2v) is 5.07. The average molecular weight is 312 g/mol. The lowest BCUT2D eigenvalue weighted by Crippen LogP contribution is -2.09. The van der Waals surface area contributed by atoms with Gasteiger partial charge >= 0.3 is 6.18 Å². The fourth-order valence-electron chi connectivity index (χ4n) is 2.26. The van der Waals surface area contributed by atoms with E-state index in [1.54, 1.807) is 4.68 Å². The summed E-state index contributed by atoms with van der Waals surface area (Å²) in [4.78, 5) is 0. The normalized spacial score (nSPS) is 11.7. The van der Waals surface area contributed by atoms with Gasteiger partial charge in [0.1, 0.15) is 0 Å². The van der Waals surface area contributed by atoms with Crippen LogP contribution in [0.3, 0.4) is 0 Å². The zero-order valence-electron chi connectivity index (χ0n) is 12.5. The molecule has 1 heterocycles. The molecule has 3 N–H and O–H groups in total. The van der Waals surface area contributed by atoms with Crippen molar-refractivity contribution in [1.82, 2.24) is 9.78 Å². The zero-order chi connectivity index (χ0) is 16.3. The average Bonchev–Trinajstić information content (AvgIpc) is 2.74. The van der Waals surface area contributed by atoms with E-state index in [2.05, 4.69) is 10.4 Å². The molecule has 0 amide bonds. The highest BCUT2D eigenvalue weighted by molar-refractivity contribution is 5.54. The van der Waals surface area contributed by atoms with Crippen molar-refractivity contribution in [3.8, 4) is 5.69 Å². The molecule has 4 nitrogen and oxygen atoms in total. The molecule has 0 radical (unpaired) electrons. The number of nitrogens with two attached hydrogens (primary N) is 1. The van der Waals surface area contributed by atoms with Crippen molar-refractivity contribution < 1.29 is 13.2 Å². The van der Waals surface area contributed by atoms with Crippen molar-refractivity contribution in [3.05, 3.63) is 41.2 Å². The second kappa shape index (κ2) is 6.39. The molecular formula is C15H19F3N4. The summed E-state index contributed by atoms with van der Waals surface area (Å²) >= 11 is 0. The molecule has 1 aromatic carbocycles. The van der Waals surface area contributed by atoms with Crippen molar-refractivity contribution >= 4 is 5.69 Å². The van der Waals surface area contributed by atoms with Crippen molar-refractivity contribution in [2.24, 2.45) is 5.73 Å². The Kier molecular flexibility index (Phi) is 4.75. The predicted octanol–water partition coefficient (Wildman–Crippen LogP) is 3.27. The topological polar surface area (TPSA) is 55.9 Å². The van der Waals surface area contributed by atoms with Crippen LogP contribution in [0.5, 0.6) is 0 Å². The molecule has 0 bridgehead atoms. The molecule has 120 valence electrons. The first-order chi connectivity index (χ1) is 10.3. The van der Waals surface area contributed by atoms with Crippen LogP contribution in [-0.4, -0.2) is 22.9 Å². The lowest BCUT2D eigenvalue weighted by atomic mass is 10.2. The van der Waals surface area contributed by atoms with Crippen molar-refractivity contribution in [2.45, 2.75) is 26.4 Å². The number of halogens is 3. The predicted molar refractivity (Wildman–Crippen MR) is 80.2 cm³/mol. The molecule has 2 aromatic rings. The van der Waals surface area contributed by atoms with Gasteiger partial charge in [0.15, 0.2) is 0 Å². The van der Waals surface area contributed by atoms with Gasteiger partial charge in [-0.3, -0.25) is 0 Å². The molecule has 0 aliphatic carbocycles. The fraction of sp³-hybridized carbons (Fsp3) is 0.400. The Morgan fingerprint density at radius 3 is 2.36 bits per heavy atom. The van der Waals surface area contributed by atoms with Gasteiger partial charge in [-0.1, -0.05) is 0 Å². The van der Waals surface area contributed by atoms with Crippen molar-refractivity contribution in [2.75, 3.05) is 18.4 Å². The number of hydrogen-bond donors (Lipinski definition) is 2. The molecule has 0 saturated carbocycles. The summed E-state index contributed by atoms with van der Waals surface area (Å²) in [6.07, 6.45) is -3.49. The highest BCUT2D eigenvalue weighted by atomic mass is 19.4. The third kappa shape index (κ3) is 3.41. The molecule has 0 aliphatic heterocycles. The maximum atomic E-state index is 12.6. The van der Waals surface area contributed by atoms with E-state index < -0.39 is 11.7 Å². The number of anilines is 1. The Morgan fingerprint density at radius 2 is 1.82 bits per heavy atom. The van der Waals surface area contributed by atoms with E-state index in [1.165, 1.54) is 12.1 Å². The molecule has 22 heavy (non-hydrogen) atoms. The number of rotatable bonds is 5. The minimum absolute atomic E-state index is 0.595. The molecule has 7 heteroatoms. The summed E-state index contributed by atoms with van der Waals surface area (Å²) in [6.45, 7) is 5.07. The summed E-state index contributed by atoms with van der Waals surface area (Å²) < 4.78 is 39.4. The van der Waals surface area contributed by atoms with Crippen LogP contribution in [0, 0.1) is 13.8 Å². The summed E-state index contributed by atoms with van der Waals surface area (Å²) in [6, 6.07) is 4.97. The number of nitrogens with one attached hydrogen (secondary N) is 1. The first kappa shape index (κ1) is 16.4. The molecule has 0 spiro atoms. The molecule has 2 rings (SSSR count). The Bertz CT molecular complexity index is 629. The molecule has 0 aliphatic rings. The number of alkyl halides is 3. The summed E-state index contributed by atoms with van der Waals surface area (Å²) in [5.41, 5.74) is 7.94. The van der Waals surface area contributed by atoms with Gasteiger partial charge in [0.05, 0.1) is 28.3 Å². The van der Waals surface area contributed by atoms with Gasteiger partial charge in [-0.2, -0.15) is 18.3 Å². The number of aromatic nitrogens is 2. The molecular weight excluding hydrogens is 293 g/mol. The van der Waals surface area contributed by atoms with Gasteiger partial charge < -0.3 is 11.1 Å².